The van der Waals surface area contributed by atoms with Crippen LogP contribution in [0.1, 0.15) is 35.0 Å². The number of hydrogen-bond acceptors (Lipinski definition) is 7. The summed E-state index contributed by atoms with van der Waals surface area (Å²) in [4.78, 5) is 45.1. The molecule has 3 aromatic rings. The number of ether oxygens (including phenoxy) is 1. The van der Waals surface area contributed by atoms with Gasteiger partial charge in [-0.1, -0.05) is 25.1 Å². The lowest BCUT2D eigenvalue weighted by Gasteiger charge is -2.27. The van der Waals surface area contributed by atoms with E-state index in [1.807, 2.05) is 30.3 Å². The van der Waals surface area contributed by atoms with Gasteiger partial charge in [0.2, 0.25) is 11.8 Å². The zero-order valence-corrected chi connectivity index (χ0v) is 20.6. The topological polar surface area (TPSA) is 127 Å². The SMILES string of the molecule is C[C@]12CC(C(=O)NCc3cnc(N)s3)N(C(=O)CNC(=O)c3ccc(Oc4ccccc4)cc3)C1C2. The third-order valence-electron chi connectivity index (χ3n) is 6.73. The van der Waals surface area contributed by atoms with Gasteiger partial charge in [-0.05, 0) is 54.7 Å². The number of likely N-dealkylation sites (tertiary alicyclic amines) is 1. The molecular weight excluding hydrogens is 478 g/mol. The predicted octanol–water partition coefficient (Wildman–Crippen LogP) is 2.94. The van der Waals surface area contributed by atoms with Crippen molar-refractivity contribution >= 4 is 34.2 Å². The quantitative estimate of drug-likeness (QED) is 0.432. The number of benzene rings is 2. The first-order valence-electron chi connectivity index (χ1n) is 11.7. The predicted molar refractivity (Wildman–Crippen MR) is 135 cm³/mol. The Labute approximate surface area is 212 Å². The summed E-state index contributed by atoms with van der Waals surface area (Å²) >= 11 is 1.31. The molecule has 0 spiro atoms. The summed E-state index contributed by atoms with van der Waals surface area (Å²) in [5.41, 5.74) is 6.02. The molecule has 1 aliphatic heterocycles. The number of aromatic nitrogens is 1. The number of thiazole rings is 1. The number of para-hydroxylation sites is 1. The maximum absolute atomic E-state index is 13.1. The number of carbonyl (C=O) groups is 3. The monoisotopic (exact) mass is 505 g/mol. The lowest BCUT2D eigenvalue weighted by atomic mass is 10.0. The van der Waals surface area contributed by atoms with Crippen LogP contribution in [0, 0.1) is 5.41 Å². The van der Waals surface area contributed by atoms with E-state index in [4.69, 9.17) is 10.5 Å². The number of piperidine rings is 1. The van der Waals surface area contributed by atoms with Crippen LogP contribution in [0.2, 0.25) is 0 Å². The number of nitrogen functional groups attached to an aromatic ring is 1. The van der Waals surface area contributed by atoms with Crippen molar-refractivity contribution in [1.82, 2.24) is 20.5 Å². The average molecular weight is 506 g/mol. The second kappa shape index (κ2) is 9.62. The molecule has 2 heterocycles. The van der Waals surface area contributed by atoms with Crippen molar-refractivity contribution in [3.05, 3.63) is 71.2 Å². The van der Waals surface area contributed by atoms with Gasteiger partial charge < -0.3 is 26.0 Å². The summed E-state index contributed by atoms with van der Waals surface area (Å²) in [6.45, 7) is 2.23. The van der Waals surface area contributed by atoms with E-state index in [9.17, 15) is 14.4 Å². The number of amides is 3. The van der Waals surface area contributed by atoms with Gasteiger partial charge in [0.05, 0.1) is 13.1 Å². The number of carbonyl (C=O) groups excluding carboxylic acids is 3. The summed E-state index contributed by atoms with van der Waals surface area (Å²) < 4.78 is 5.75. The molecule has 9 nitrogen and oxygen atoms in total. The van der Waals surface area contributed by atoms with E-state index in [0.717, 1.165) is 11.3 Å². The van der Waals surface area contributed by atoms with E-state index >= 15 is 0 Å². The van der Waals surface area contributed by atoms with Crippen LogP contribution in [-0.2, 0) is 16.1 Å². The molecule has 2 fully saturated rings. The second-order valence-corrected chi connectivity index (χ2v) is 10.5. The molecule has 0 bridgehead atoms. The normalized spacial score (nSPS) is 22.0. The number of hydrogen-bond donors (Lipinski definition) is 3. The molecule has 1 aromatic heterocycles. The molecule has 36 heavy (non-hydrogen) atoms. The number of anilines is 1. The highest BCUT2D eigenvalue weighted by Gasteiger charge is 2.64. The summed E-state index contributed by atoms with van der Waals surface area (Å²) in [5, 5.41) is 6.03. The van der Waals surface area contributed by atoms with Crippen LogP contribution < -0.4 is 21.1 Å². The van der Waals surface area contributed by atoms with E-state index in [1.165, 1.54) is 11.3 Å². The number of nitrogens with zero attached hydrogens (tertiary/aromatic N) is 2. The third-order valence-corrected chi connectivity index (χ3v) is 7.56. The molecule has 4 N–H and O–H groups in total. The summed E-state index contributed by atoms with van der Waals surface area (Å²) in [7, 11) is 0. The van der Waals surface area contributed by atoms with Gasteiger partial charge in [-0.2, -0.15) is 0 Å². The second-order valence-electron chi connectivity index (χ2n) is 9.40. The largest absolute Gasteiger partial charge is 0.457 e. The highest BCUT2D eigenvalue weighted by atomic mass is 32.1. The first-order valence-corrected chi connectivity index (χ1v) is 12.5. The van der Waals surface area contributed by atoms with Crippen LogP contribution in [0.15, 0.2) is 60.8 Å². The van der Waals surface area contributed by atoms with Crippen molar-refractivity contribution in [2.24, 2.45) is 5.41 Å². The molecule has 1 saturated carbocycles. The van der Waals surface area contributed by atoms with Crippen molar-refractivity contribution in [3.8, 4) is 11.5 Å². The van der Waals surface area contributed by atoms with Crippen molar-refractivity contribution in [3.63, 3.8) is 0 Å². The van der Waals surface area contributed by atoms with Gasteiger partial charge in [0.25, 0.3) is 5.91 Å². The molecule has 5 rings (SSSR count). The van der Waals surface area contributed by atoms with Gasteiger partial charge in [-0.3, -0.25) is 14.4 Å². The van der Waals surface area contributed by atoms with Crippen LogP contribution in [-0.4, -0.2) is 46.2 Å². The van der Waals surface area contributed by atoms with Crippen molar-refractivity contribution in [2.75, 3.05) is 12.3 Å². The van der Waals surface area contributed by atoms with Crippen LogP contribution in [0.5, 0.6) is 11.5 Å². The van der Waals surface area contributed by atoms with Crippen molar-refractivity contribution < 1.29 is 19.1 Å². The fourth-order valence-corrected chi connectivity index (χ4v) is 5.33. The Hall–Kier alpha value is -3.92. The lowest BCUT2D eigenvalue weighted by Crippen LogP contribution is -2.50. The van der Waals surface area contributed by atoms with Crippen molar-refractivity contribution in [2.45, 2.75) is 38.4 Å². The van der Waals surface area contributed by atoms with Crippen LogP contribution in [0.25, 0.3) is 0 Å². The molecule has 10 heteroatoms. The standard InChI is InChI=1S/C26H27N5O4S/c1-26-11-20(24(34)28-13-19-14-30-25(27)36-19)31(21(26)12-26)22(32)15-29-23(33)16-7-9-18(10-8-16)35-17-5-3-2-4-6-17/h2-10,14,20-21H,11-13,15H2,1H3,(H2,27,30)(H,28,34)(H,29,33)/t20?,21?,26-/m1/s1. The van der Waals surface area contributed by atoms with E-state index in [0.29, 0.717) is 35.2 Å². The smallest absolute Gasteiger partial charge is 0.251 e. The number of nitrogens with one attached hydrogen (secondary N) is 2. The maximum atomic E-state index is 13.1. The molecule has 2 aliphatic rings. The lowest BCUT2D eigenvalue weighted by molar-refractivity contribution is -0.139. The summed E-state index contributed by atoms with van der Waals surface area (Å²) in [5.74, 6) is 0.475. The molecule has 186 valence electrons. The van der Waals surface area contributed by atoms with E-state index in [-0.39, 0.29) is 35.7 Å². The fraction of sp³-hybridized carbons (Fsp3) is 0.308. The number of fused-ring (bicyclic) bond motifs is 1. The minimum atomic E-state index is -0.558. The Balaban J connectivity index is 1.16. The van der Waals surface area contributed by atoms with E-state index < -0.39 is 6.04 Å². The Morgan fingerprint density at radius 1 is 1.08 bits per heavy atom. The van der Waals surface area contributed by atoms with E-state index in [1.54, 1.807) is 35.4 Å². The molecule has 0 radical (unpaired) electrons. The van der Waals surface area contributed by atoms with Gasteiger partial charge in [0.1, 0.15) is 17.5 Å². The first-order chi connectivity index (χ1) is 17.3. The van der Waals surface area contributed by atoms with Gasteiger partial charge in [0.15, 0.2) is 5.13 Å². The molecule has 1 aliphatic carbocycles. The Morgan fingerprint density at radius 2 is 1.81 bits per heavy atom. The minimum Gasteiger partial charge on any atom is -0.457 e. The highest BCUT2D eigenvalue weighted by Crippen LogP contribution is 2.59. The molecule has 3 atom stereocenters. The Kier molecular flexibility index (Phi) is 6.36. The van der Waals surface area contributed by atoms with Gasteiger partial charge in [-0.25, -0.2) is 4.98 Å². The molecule has 1 saturated heterocycles. The molecule has 2 unspecified atom stereocenters. The highest BCUT2D eigenvalue weighted by molar-refractivity contribution is 7.15. The van der Waals surface area contributed by atoms with Gasteiger partial charge in [0, 0.05) is 22.7 Å². The number of nitrogens with two attached hydrogens (primary N) is 1. The fourth-order valence-electron chi connectivity index (χ4n) is 4.70. The number of rotatable bonds is 8. The van der Waals surface area contributed by atoms with Gasteiger partial charge >= 0.3 is 0 Å². The Morgan fingerprint density at radius 3 is 2.50 bits per heavy atom. The molecule has 3 amide bonds. The minimum absolute atomic E-state index is 0.0196. The summed E-state index contributed by atoms with van der Waals surface area (Å²) in [6, 6.07) is 15.5. The molecule has 2 aromatic carbocycles. The van der Waals surface area contributed by atoms with Gasteiger partial charge in [-0.15, -0.1) is 11.3 Å². The third kappa shape index (κ3) is 5.03. The average Bonchev–Trinajstić information content (AvgIpc) is 3.19. The van der Waals surface area contributed by atoms with Crippen molar-refractivity contribution in [1.29, 1.82) is 0 Å². The summed E-state index contributed by atoms with van der Waals surface area (Å²) in [6.07, 6.45) is 3.11. The molecular formula is C26H27N5O4S. The van der Waals surface area contributed by atoms with Crippen LogP contribution >= 0.6 is 11.3 Å². The van der Waals surface area contributed by atoms with Crippen LogP contribution in [0.4, 0.5) is 5.13 Å². The Bertz CT molecular complexity index is 1280. The maximum Gasteiger partial charge on any atom is 0.251 e. The zero-order valence-electron chi connectivity index (χ0n) is 19.8. The van der Waals surface area contributed by atoms with Crippen LogP contribution in [0.3, 0.4) is 0 Å². The zero-order chi connectivity index (χ0) is 25.3. The van der Waals surface area contributed by atoms with E-state index in [2.05, 4.69) is 22.5 Å². The first kappa shape index (κ1) is 23.8.